The van der Waals surface area contributed by atoms with Gasteiger partial charge in [-0.1, -0.05) is 111 Å². The molecule has 0 fully saturated rings. The van der Waals surface area contributed by atoms with Crippen molar-refractivity contribution in [3.63, 3.8) is 0 Å². The summed E-state index contributed by atoms with van der Waals surface area (Å²) in [5.74, 6) is -1.27. The van der Waals surface area contributed by atoms with Crippen LogP contribution in [-0.4, -0.2) is 36.2 Å². The van der Waals surface area contributed by atoms with E-state index in [-0.39, 0.29) is 29.9 Å². The number of carbonyl (C=O) groups is 3. The number of rotatable bonds is 21. The second-order valence-electron chi connectivity index (χ2n) is 10.9. The number of esters is 2. The molecule has 0 aromatic heterocycles. The van der Waals surface area contributed by atoms with Gasteiger partial charge >= 0.3 is 17.9 Å². The second-order valence-corrected chi connectivity index (χ2v) is 10.9. The Morgan fingerprint density at radius 1 is 0.622 bits per heavy atom. The number of aromatic carboxylic acids is 1. The molecule has 0 unspecified atom stereocenters. The van der Waals surface area contributed by atoms with Gasteiger partial charge in [0.2, 0.25) is 0 Å². The van der Waals surface area contributed by atoms with Crippen LogP contribution in [0.15, 0.2) is 18.2 Å². The van der Waals surface area contributed by atoms with Crippen LogP contribution >= 0.6 is 0 Å². The lowest BCUT2D eigenvalue weighted by molar-refractivity contribution is 0.0446. The average Bonchev–Trinajstić information content (AvgIpc) is 2.85. The highest BCUT2D eigenvalue weighted by Crippen LogP contribution is 2.19. The van der Waals surface area contributed by atoms with Crippen molar-refractivity contribution in [3.8, 4) is 0 Å². The van der Waals surface area contributed by atoms with Crippen LogP contribution < -0.4 is 0 Å². The van der Waals surface area contributed by atoms with Gasteiger partial charge in [0, 0.05) is 0 Å². The molecule has 1 rings (SSSR count). The van der Waals surface area contributed by atoms with Crippen molar-refractivity contribution in [2.75, 3.05) is 13.2 Å². The summed E-state index contributed by atoms with van der Waals surface area (Å²) in [6, 6.07) is 4.19. The minimum Gasteiger partial charge on any atom is -0.478 e. The van der Waals surface area contributed by atoms with Crippen molar-refractivity contribution < 1.29 is 29.0 Å². The van der Waals surface area contributed by atoms with Gasteiger partial charge in [-0.15, -0.1) is 0 Å². The van der Waals surface area contributed by atoms with Crippen LogP contribution in [0.5, 0.6) is 0 Å². The Balaban J connectivity index is 2.47. The molecule has 0 spiro atoms. The Morgan fingerprint density at radius 3 is 1.49 bits per heavy atom. The molecule has 6 heteroatoms. The fourth-order valence-electron chi connectivity index (χ4n) is 4.32. The minimum absolute atomic E-state index is 0.0521. The van der Waals surface area contributed by atoms with Crippen molar-refractivity contribution in [2.45, 2.75) is 118 Å². The second kappa shape index (κ2) is 19.7. The van der Waals surface area contributed by atoms with Crippen LogP contribution in [0.4, 0.5) is 0 Å². The monoisotopic (exact) mass is 518 g/mol. The molecule has 0 amide bonds. The first-order valence-electron chi connectivity index (χ1n) is 14.4. The first-order valence-corrected chi connectivity index (χ1v) is 14.4. The van der Waals surface area contributed by atoms with Gasteiger partial charge < -0.3 is 14.6 Å². The van der Waals surface area contributed by atoms with E-state index in [1.807, 2.05) is 0 Å². The van der Waals surface area contributed by atoms with Crippen molar-refractivity contribution in [2.24, 2.45) is 11.8 Å². The van der Waals surface area contributed by atoms with Crippen molar-refractivity contribution >= 4 is 17.9 Å². The van der Waals surface area contributed by atoms with Gasteiger partial charge in [0.05, 0.1) is 29.9 Å². The van der Waals surface area contributed by atoms with E-state index in [0.29, 0.717) is 6.42 Å². The first-order chi connectivity index (χ1) is 17.7. The number of unbranched alkanes of at least 4 members (excludes halogenated alkanes) is 10. The number of benzene rings is 1. The first kappa shape index (κ1) is 32.7. The summed E-state index contributed by atoms with van der Waals surface area (Å²) in [5.41, 5.74) is -0.520. The quantitative estimate of drug-likeness (QED) is 0.130. The number of carbonyl (C=O) groups excluding carboxylic acids is 2. The Bertz CT molecular complexity index is 799. The molecule has 1 aromatic carbocycles. The van der Waals surface area contributed by atoms with Crippen molar-refractivity contribution in [1.82, 2.24) is 0 Å². The van der Waals surface area contributed by atoms with Crippen molar-refractivity contribution in [3.05, 3.63) is 34.9 Å². The molecule has 0 bridgehead atoms. The maximum Gasteiger partial charge on any atom is 0.339 e. The zero-order valence-corrected chi connectivity index (χ0v) is 23.7. The molecule has 0 radical (unpaired) electrons. The summed E-state index contributed by atoms with van der Waals surface area (Å²) >= 11 is 0. The Morgan fingerprint density at radius 2 is 1.03 bits per heavy atom. The van der Waals surface area contributed by atoms with E-state index in [1.54, 1.807) is 0 Å². The van der Waals surface area contributed by atoms with Crippen LogP contribution in [0, 0.1) is 11.8 Å². The summed E-state index contributed by atoms with van der Waals surface area (Å²) in [6.07, 6.45) is 15.3. The molecule has 0 atom stereocenters. The maximum atomic E-state index is 12.8. The van der Waals surface area contributed by atoms with E-state index in [2.05, 4.69) is 27.7 Å². The van der Waals surface area contributed by atoms with Crippen LogP contribution in [0.2, 0.25) is 0 Å². The minimum atomic E-state index is -1.28. The smallest absolute Gasteiger partial charge is 0.339 e. The summed E-state index contributed by atoms with van der Waals surface area (Å²) in [5, 5.41) is 9.57. The number of carboxylic acids is 1. The zero-order chi connectivity index (χ0) is 27.5. The van der Waals surface area contributed by atoms with Gasteiger partial charge in [-0.05, 0) is 36.8 Å². The number of hydrogen-bond donors (Lipinski definition) is 1. The molecule has 6 nitrogen and oxygen atoms in total. The normalized spacial score (nSPS) is 11.2. The molecule has 1 aromatic rings. The van der Waals surface area contributed by atoms with Gasteiger partial charge in [0.25, 0.3) is 0 Å². The summed E-state index contributed by atoms with van der Waals surface area (Å²) in [7, 11) is 0. The molecule has 0 saturated carbocycles. The van der Waals surface area contributed by atoms with E-state index in [4.69, 9.17) is 9.47 Å². The Kier molecular flexibility index (Phi) is 17.4. The molecular formula is C31H50O6. The van der Waals surface area contributed by atoms with Gasteiger partial charge in [-0.3, -0.25) is 0 Å². The van der Waals surface area contributed by atoms with Gasteiger partial charge in [-0.25, -0.2) is 14.4 Å². The summed E-state index contributed by atoms with van der Waals surface area (Å²) in [6.45, 7) is 9.39. The topological polar surface area (TPSA) is 89.9 Å². The number of hydrogen-bond acceptors (Lipinski definition) is 5. The van der Waals surface area contributed by atoms with E-state index in [1.165, 1.54) is 63.1 Å². The average molecular weight is 519 g/mol. The standard InChI is InChI=1S/C31H50O6/c1-24(2)18-13-9-5-7-11-15-22-36-30(34)27-21-17-20-26(29(32)33)28(27)31(35)37-23-16-12-8-6-10-14-19-25(3)4/h17,20-21,24-25H,5-16,18-19,22-23H2,1-4H3,(H,32,33). The van der Waals surface area contributed by atoms with E-state index >= 15 is 0 Å². The zero-order valence-electron chi connectivity index (χ0n) is 23.7. The van der Waals surface area contributed by atoms with Crippen LogP contribution in [-0.2, 0) is 9.47 Å². The third-order valence-electron chi connectivity index (χ3n) is 6.54. The number of ether oxygens (including phenoxy) is 2. The third kappa shape index (κ3) is 14.8. The Hall–Kier alpha value is -2.37. The largest absolute Gasteiger partial charge is 0.478 e. The highest BCUT2D eigenvalue weighted by molar-refractivity contribution is 6.10. The molecule has 0 saturated heterocycles. The van der Waals surface area contributed by atoms with E-state index < -0.39 is 17.9 Å². The van der Waals surface area contributed by atoms with Crippen molar-refractivity contribution in [1.29, 1.82) is 0 Å². The predicted octanol–water partition coefficient (Wildman–Crippen LogP) is 8.47. The van der Waals surface area contributed by atoms with Crippen LogP contribution in [0.25, 0.3) is 0 Å². The highest BCUT2D eigenvalue weighted by atomic mass is 16.5. The molecule has 0 aliphatic carbocycles. The molecule has 37 heavy (non-hydrogen) atoms. The lowest BCUT2D eigenvalue weighted by Crippen LogP contribution is -2.19. The van der Waals surface area contributed by atoms with Gasteiger partial charge in [0.15, 0.2) is 0 Å². The molecule has 0 heterocycles. The molecular weight excluding hydrogens is 468 g/mol. The highest BCUT2D eigenvalue weighted by Gasteiger charge is 2.26. The summed E-state index contributed by atoms with van der Waals surface area (Å²) in [4.78, 5) is 37.2. The molecule has 1 N–H and O–H groups in total. The van der Waals surface area contributed by atoms with E-state index in [0.717, 1.165) is 50.4 Å². The third-order valence-corrected chi connectivity index (χ3v) is 6.54. The molecule has 210 valence electrons. The lowest BCUT2D eigenvalue weighted by atomic mass is 10.0. The SMILES string of the molecule is CC(C)CCCCCCCCOC(=O)c1cccc(C(=O)O)c1C(=O)OCCCCCCCCC(C)C. The molecule has 0 aliphatic heterocycles. The predicted molar refractivity (Wildman–Crippen MR) is 148 cm³/mol. The fourth-order valence-corrected chi connectivity index (χ4v) is 4.32. The van der Waals surface area contributed by atoms with E-state index in [9.17, 15) is 19.5 Å². The summed E-state index contributed by atoms with van der Waals surface area (Å²) < 4.78 is 10.7. The molecule has 0 aliphatic rings. The van der Waals surface area contributed by atoms with Gasteiger partial charge in [0.1, 0.15) is 0 Å². The Labute approximate surface area is 224 Å². The fraction of sp³-hybridized carbons (Fsp3) is 0.710. The van der Waals surface area contributed by atoms with Gasteiger partial charge in [-0.2, -0.15) is 0 Å². The van der Waals surface area contributed by atoms with Crippen LogP contribution in [0.1, 0.15) is 149 Å². The lowest BCUT2D eigenvalue weighted by Gasteiger charge is -2.12. The van der Waals surface area contributed by atoms with Crippen LogP contribution in [0.3, 0.4) is 0 Å². The number of carboxylic acid groups (broad SMARTS) is 1. The maximum absolute atomic E-state index is 12.8.